The molecule has 4 nitrogen and oxygen atoms in total. The summed E-state index contributed by atoms with van der Waals surface area (Å²) in [6, 6.07) is 2.06. The van der Waals surface area contributed by atoms with Crippen molar-refractivity contribution in [2.75, 3.05) is 19.6 Å². The van der Waals surface area contributed by atoms with E-state index < -0.39 is 0 Å². The Kier molecular flexibility index (Phi) is 4.96. The Morgan fingerprint density at radius 2 is 2.33 bits per heavy atom. The maximum absolute atomic E-state index is 5.37. The fourth-order valence-electron chi connectivity index (χ4n) is 2.06. The quantitative estimate of drug-likeness (QED) is 0.785. The predicted molar refractivity (Wildman–Crippen MR) is 72.1 cm³/mol. The maximum atomic E-state index is 5.37. The standard InChI is InChI=1S/C14H23N3O/c1-12(2)9-15-10-13-8-14(18-16-13)11-17-6-4-3-5-7-17/h3-4,8,12,15H,5-7,9-11H2,1-2H3. The fourth-order valence-corrected chi connectivity index (χ4v) is 2.06. The number of nitrogens with one attached hydrogen (secondary N) is 1. The first-order chi connectivity index (χ1) is 8.74. The van der Waals surface area contributed by atoms with Gasteiger partial charge in [0.25, 0.3) is 0 Å². The summed E-state index contributed by atoms with van der Waals surface area (Å²) in [6.45, 7) is 9.19. The molecule has 4 heteroatoms. The maximum Gasteiger partial charge on any atom is 0.151 e. The van der Waals surface area contributed by atoms with Gasteiger partial charge in [0.15, 0.2) is 5.76 Å². The van der Waals surface area contributed by atoms with Crippen LogP contribution >= 0.6 is 0 Å². The van der Waals surface area contributed by atoms with Crippen LogP contribution in [-0.4, -0.2) is 29.7 Å². The lowest BCUT2D eigenvalue weighted by atomic mass is 10.2. The highest BCUT2D eigenvalue weighted by atomic mass is 16.5. The molecule has 0 fully saturated rings. The average molecular weight is 249 g/mol. The summed E-state index contributed by atoms with van der Waals surface area (Å²) in [6.07, 6.45) is 5.58. The van der Waals surface area contributed by atoms with Gasteiger partial charge in [-0.15, -0.1) is 0 Å². The first-order valence-corrected chi connectivity index (χ1v) is 6.76. The topological polar surface area (TPSA) is 41.3 Å². The Balaban J connectivity index is 1.76. The molecule has 2 rings (SSSR count). The Morgan fingerprint density at radius 1 is 1.44 bits per heavy atom. The number of aromatic nitrogens is 1. The van der Waals surface area contributed by atoms with Crippen molar-refractivity contribution < 1.29 is 4.52 Å². The third-order valence-electron chi connectivity index (χ3n) is 2.99. The van der Waals surface area contributed by atoms with Crippen LogP contribution in [0.5, 0.6) is 0 Å². The molecule has 1 aromatic heterocycles. The van der Waals surface area contributed by atoms with Gasteiger partial charge < -0.3 is 9.84 Å². The summed E-state index contributed by atoms with van der Waals surface area (Å²) in [5.41, 5.74) is 0.998. The van der Waals surface area contributed by atoms with E-state index in [2.05, 4.69) is 47.4 Å². The average Bonchev–Trinajstić information content (AvgIpc) is 2.78. The van der Waals surface area contributed by atoms with Gasteiger partial charge in [0.2, 0.25) is 0 Å². The van der Waals surface area contributed by atoms with Crippen molar-refractivity contribution in [2.45, 2.75) is 33.4 Å². The van der Waals surface area contributed by atoms with Crippen LogP contribution in [0.3, 0.4) is 0 Å². The Hall–Kier alpha value is -1.13. The second-order valence-corrected chi connectivity index (χ2v) is 5.30. The summed E-state index contributed by atoms with van der Waals surface area (Å²) in [5.74, 6) is 1.63. The summed E-state index contributed by atoms with van der Waals surface area (Å²) in [5, 5.41) is 7.47. The van der Waals surface area contributed by atoms with Crippen molar-refractivity contribution in [1.82, 2.24) is 15.4 Å². The van der Waals surface area contributed by atoms with Gasteiger partial charge in [0.05, 0.1) is 12.2 Å². The Bertz CT molecular complexity index is 384. The number of hydrogen-bond donors (Lipinski definition) is 1. The summed E-state index contributed by atoms with van der Waals surface area (Å²) in [4.78, 5) is 2.37. The zero-order valence-electron chi connectivity index (χ0n) is 11.4. The Morgan fingerprint density at radius 3 is 3.06 bits per heavy atom. The van der Waals surface area contributed by atoms with Gasteiger partial charge in [-0.3, -0.25) is 4.90 Å². The van der Waals surface area contributed by atoms with Crippen LogP contribution < -0.4 is 5.32 Å². The monoisotopic (exact) mass is 249 g/mol. The minimum absolute atomic E-state index is 0.663. The van der Waals surface area contributed by atoms with Crippen molar-refractivity contribution in [2.24, 2.45) is 5.92 Å². The summed E-state index contributed by atoms with van der Waals surface area (Å²) in [7, 11) is 0. The molecule has 100 valence electrons. The summed E-state index contributed by atoms with van der Waals surface area (Å²) >= 11 is 0. The van der Waals surface area contributed by atoms with Crippen molar-refractivity contribution in [3.05, 3.63) is 29.7 Å². The smallest absolute Gasteiger partial charge is 0.151 e. The van der Waals surface area contributed by atoms with E-state index in [9.17, 15) is 0 Å². The second kappa shape index (κ2) is 6.71. The molecular formula is C14H23N3O. The lowest BCUT2D eigenvalue weighted by molar-refractivity contribution is 0.248. The molecule has 0 aromatic carbocycles. The second-order valence-electron chi connectivity index (χ2n) is 5.30. The molecule has 0 atom stereocenters. The van der Waals surface area contributed by atoms with Crippen LogP contribution in [0.1, 0.15) is 31.7 Å². The van der Waals surface area contributed by atoms with E-state index in [0.29, 0.717) is 5.92 Å². The highest BCUT2D eigenvalue weighted by Crippen LogP contribution is 2.10. The van der Waals surface area contributed by atoms with Gasteiger partial charge >= 0.3 is 0 Å². The molecule has 18 heavy (non-hydrogen) atoms. The van der Waals surface area contributed by atoms with E-state index in [4.69, 9.17) is 4.52 Å². The van der Waals surface area contributed by atoms with Gasteiger partial charge in [-0.2, -0.15) is 0 Å². The van der Waals surface area contributed by atoms with E-state index in [1.165, 1.54) is 0 Å². The molecular weight excluding hydrogens is 226 g/mol. The van der Waals surface area contributed by atoms with E-state index in [1.807, 2.05) is 0 Å². The molecule has 0 saturated heterocycles. The fraction of sp³-hybridized carbons (Fsp3) is 0.643. The van der Waals surface area contributed by atoms with E-state index in [0.717, 1.165) is 50.6 Å². The van der Waals surface area contributed by atoms with Crippen LogP contribution in [0, 0.1) is 5.92 Å². The largest absolute Gasteiger partial charge is 0.360 e. The van der Waals surface area contributed by atoms with Crippen LogP contribution in [0.2, 0.25) is 0 Å². The molecule has 1 aliphatic rings. The van der Waals surface area contributed by atoms with Crippen molar-refractivity contribution in [3.63, 3.8) is 0 Å². The highest BCUT2D eigenvalue weighted by Gasteiger charge is 2.10. The van der Waals surface area contributed by atoms with Gasteiger partial charge in [0.1, 0.15) is 0 Å². The molecule has 0 unspecified atom stereocenters. The third-order valence-corrected chi connectivity index (χ3v) is 2.99. The zero-order valence-corrected chi connectivity index (χ0v) is 11.4. The molecule has 2 heterocycles. The van der Waals surface area contributed by atoms with Gasteiger partial charge in [-0.1, -0.05) is 31.2 Å². The molecule has 0 spiro atoms. The highest BCUT2D eigenvalue weighted by molar-refractivity contribution is 5.06. The normalized spacial score (nSPS) is 16.6. The first-order valence-electron chi connectivity index (χ1n) is 6.76. The van der Waals surface area contributed by atoms with Crippen molar-refractivity contribution >= 4 is 0 Å². The Labute approximate surface area is 109 Å². The lowest BCUT2D eigenvalue weighted by Crippen LogP contribution is -2.26. The lowest BCUT2D eigenvalue weighted by Gasteiger charge is -2.20. The summed E-state index contributed by atoms with van der Waals surface area (Å²) < 4.78 is 5.37. The van der Waals surface area contributed by atoms with Crippen LogP contribution in [0.25, 0.3) is 0 Å². The SMILES string of the molecule is CC(C)CNCc1cc(CN2CC=CCC2)on1. The molecule has 1 aromatic rings. The van der Waals surface area contributed by atoms with Gasteiger partial charge in [-0.25, -0.2) is 0 Å². The third kappa shape index (κ3) is 4.27. The molecule has 0 saturated carbocycles. The van der Waals surface area contributed by atoms with Gasteiger partial charge in [-0.05, 0) is 18.9 Å². The van der Waals surface area contributed by atoms with Crippen molar-refractivity contribution in [1.29, 1.82) is 0 Å². The molecule has 0 aliphatic carbocycles. The molecule has 0 amide bonds. The minimum atomic E-state index is 0.663. The van der Waals surface area contributed by atoms with E-state index in [-0.39, 0.29) is 0 Å². The number of rotatable bonds is 6. The van der Waals surface area contributed by atoms with Gasteiger partial charge in [0, 0.05) is 25.7 Å². The number of hydrogen-bond acceptors (Lipinski definition) is 4. The molecule has 0 radical (unpaired) electrons. The molecule has 1 aliphatic heterocycles. The minimum Gasteiger partial charge on any atom is -0.360 e. The van der Waals surface area contributed by atoms with Crippen LogP contribution in [-0.2, 0) is 13.1 Å². The molecule has 0 bridgehead atoms. The first kappa shape index (κ1) is 13.3. The van der Waals surface area contributed by atoms with E-state index >= 15 is 0 Å². The van der Waals surface area contributed by atoms with Crippen LogP contribution in [0.4, 0.5) is 0 Å². The van der Waals surface area contributed by atoms with Crippen LogP contribution in [0.15, 0.2) is 22.7 Å². The predicted octanol–water partition coefficient (Wildman–Crippen LogP) is 2.18. The van der Waals surface area contributed by atoms with E-state index in [1.54, 1.807) is 0 Å². The molecule has 1 N–H and O–H groups in total. The zero-order chi connectivity index (χ0) is 12.8. The number of nitrogens with zero attached hydrogens (tertiary/aromatic N) is 2. The van der Waals surface area contributed by atoms with Crippen molar-refractivity contribution in [3.8, 4) is 0 Å².